The van der Waals surface area contributed by atoms with Gasteiger partial charge in [-0.3, -0.25) is 4.68 Å². The minimum atomic E-state index is 0.236. The van der Waals surface area contributed by atoms with Gasteiger partial charge in [-0.2, -0.15) is 4.98 Å². The lowest BCUT2D eigenvalue weighted by molar-refractivity contribution is 0.421. The SMILES string of the molecule is Cc1cc(C(N)=S)cc(Oc2ncn(C)n2)n1. The summed E-state index contributed by atoms with van der Waals surface area (Å²) in [6.45, 7) is 1.83. The van der Waals surface area contributed by atoms with Gasteiger partial charge in [-0.15, -0.1) is 5.10 Å². The van der Waals surface area contributed by atoms with Gasteiger partial charge in [0.1, 0.15) is 11.3 Å². The highest BCUT2D eigenvalue weighted by Crippen LogP contribution is 2.17. The predicted octanol–water partition coefficient (Wildman–Crippen LogP) is 0.945. The average Bonchev–Trinajstić information content (AvgIpc) is 2.63. The Bertz CT molecular complexity index is 566. The zero-order valence-corrected chi connectivity index (χ0v) is 10.2. The molecule has 0 aliphatic rings. The third kappa shape index (κ3) is 2.76. The summed E-state index contributed by atoms with van der Waals surface area (Å²) in [5.41, 5.74) is 7.03. The number of hydrogen-bond acceptors (Lipinski definition) is 5. The molecule has 0 aliphatic carbocycles. The number of ether oxygens (including phenoxy) is 1. The second kappa shape index (κ2) is 4.46. The number of thiocarbonyl (C=S) groups is 1. The molecule has 2 rings (SSSR count). The van der Waals surface area contributed by atoms with Gasteiger partial charge in [0.25, 0.3) is 0 Å². The lowest BCUT2D eigenvalue weighted by atomic mass is 10.2. The van der Waals surface area contributed by atoms with Gasteiger partial charge >= 0.3 is 6.01 Å². The van der Waals surface area contributed by atoms with Crippen molar-refractivity contribution in [2.45, 2.75) is 6.92 Å². The molecular weight excluding hydrogens is 238 g/mol. The minimum absolute atomic E-state index is 0.236. The van der Waals surface area contributed by atoms with Gasteiger partial charge in [-0.1, -0.05) is 12.2 Å². The maximum Gasteiger partial charge on any atom is 0.342 e. The number of nitrogens with zero attached hydrogens (tertiary/aromatic N) is 4. The number of aryl methyl sites for hydroxylation is 2. The standard InChI is InChI=1S/C10H11N5OS/c1-6-3-7(9(11)17)4-8(13-6)16-10-12-5-15(2)14-10/h3-5H,1-2H3,(H2,11,17). The van der Waals surface area contributed by atoms with Gasteiger partial charge in [0.05, 0.1) is 0 Å². The van der Waals surface area contributed by atoms with Crippen LogP contribution in [-0.2, 0) is 7.05 Å². The molecule has 0 saturated heterocycles. The van der Waals surface area contributed by atoms with Crippen molar-refractivity contribution in [2.75, 3.05) is 0 Å². The highest BCUT2D eigenvalue weighted by Gasteiger charge is 2.07. The first-order valence-corrected chi connectivity index (χ1v) is 5.27. The van der Waals surface area contributed by atoms with E-state index in [1.54, 1.807) is 30.2 Å². The van der Waals surface area contributed by atoms with Crippen LogP contribution in [0.25, 0.3) is 0 Å². The van der Waals surface area contributed by atoms with E-state index in [1.165, 1.54) is 0 Å². The molecule has 0 bridgehead atoms. The smallest absolute Gasteiger partial charge is 0.342 e. The Morgan fingerprint density at radius 3 is 2.82 bits per heavy atom. The van der Waals surface area contributed by atoms with E-state index in [-0.39, 0.29) is 6.01 Å². The molecule has 0 spiro atoms. The molecule has 0 aromatic carbocycles. The van der Waals surface area contributed by atoms with Gasteiger partial charge in [0.2, 0.25) is 5.88 Å². The molecule has 2 heterocycles. The minimum Gasteiger partial charge on any atom is -0.404 e. The Balaban J connectivity index is 2.29. The van der Waals surface area contributed by atoms with E-state index in [1.807, 2.05) is 6.92 Å². The number of rotatable bonds is 3. The molecule has 0 unspecified atom stereocenters. The van der Waals surface area contributed by atoms with Gasteiger partial charge < -0.3 is 10.5 Å². The van der Waals surface area contributed by atoms with Gasteiger partial charge in [0.15, 0.2) is 0 Å². The molecule has 0 aliphatic heterocycles. The molecule has 6 nitrogen and oxygen atoms in total. The summed E-state index contributed by atoms with van der Waals surface area (Å²) in [6, 6.07) is 3.69. The highest BCUT2D eigenvalue weighted by molar-refractivity contribution is 7.80. The molecule has 88 valence electrons. The normalized spacial score (nSPS) is 10.2. The molecular formula is C10H11N5OS. The largest absolute Gasteiger partial charge is 0.404 e. The molecule has 0 saturated carbocycles. The van der Waals surface area contributed by atoms with E-state index >= 15 is 0 Å². The van der Waals surface area contributed by atoms with E-state index in [0.29, 0.717) is 16.4 Å². The molecule has 2 aromatic heterocycles. The van der Waals surface area contributed by atoms with Crippen molar-refractivity contribution in [3.05, 3.63) is 29.7 Å². The zero-order chi connectivity index (χ0) is 12.4. The molecule has 0 amide bonds. The zero-order valence-electron chi connectivity index (χ0n) is 9.41. The fourth-order valence-electron chi connectivity index (χ4n) is 1.29. The van der Waals surface area contributed by atoms with Crippen LogP contribution < -0.4 is 10.5 Å². The molecule has 0 fully saturated rings. The summed E-state index contributed by atoms with van der Waals surface area (Å²) in [7, 11) is 1.75. The molecule has 0 atom stereocenters. The Labute approximate surface area is 103 Å². The number of pyridine rings is 1. The van der Waals surface area contributed by atoms with Crippen LogP contribution in [0.1, 0.15) is 11.3 Å². The summed E-state index contributed by atoms with van der Waals surface area (Å²) >= 11 is 4.91. The topological polar surface area (TPSA) is 78.9 Å². The molecule has 2 N–H and O–H groups in total. The van der Waals surface area contributed by atoms with E-state index in [9.17, 15) is 0 Å². The number of nitrogens with two attached hydrogens (primary N) is 1. The van der Waals surface area contributed by atoms with Gasteiger partial charge in [-0.05, 0) is 13.0 Å². The Hall–Kier alpha value is -2.02. The fourth-order valence-corrected chi connectivity index (χ4v) is 1.41. The first-order chi connectivity index (χ1) is 8.04. The van der Waals surface area contributed by atoms with Crippen LogP contribution in [0, 0.1) is 6.92 Å². The summed E-state index contributed by atoms with van der Waals surface area (Å²) in [5.74, 6) is 0.374. The van der Waals surface area contributed by atoms with E-state index in [2.05, 4.69) is 15.1 Å². The third-order valence-electron chi connectivity index (χ3n) is 1.99. The summed E-state index contributed by atoms with van der Waals surface area (Å²) in [5, 5.41) is 3.99. The summed E-state index contributed by atoms with van der Waals surface area (Å²) in [4.78, 5) is 8.44. The van der Waals surface area contributed by atoms with E-state index in [0.717, 1.165) is 5.69 Å². The maximum atomic E-state index is 5.56. The van der Waals surface area contributed by atoms with Crippen LogP contribution in [0.5, 0.6) is 11.9 Å². The average molecular weight is 249 g/mol. The molecule has 7 heteroatoms. The first-order valence-electron chi connectivity index (χ1n) is 4.86. The molecule has 17 heavy (non-hydrogen) atoms. The maximum absolute atomic E-state index is 5.56. The third-order valence-corrected chi connectivity index (χ3v) is 2.22. The van der Waals surface area contributed by atoms with Crippen LogP contribution in [0.2, 0.25) is 0 Å². The Morgan fingerprint density at radius 2 is 2.24 bits per heavy atom. The van der Waals surface area contributed by atoms with Crippen molar-refractivity contribution in [3.8, 4) is 11.9 Å². The van der Waals surface area contributed by atoms with Crippen molar-refractivity contribution in [1.82, 2.24) is 19.7 Å². The van der Waals surface area contributed by atoms with Crippen molar-refractivity contribution >= 4 is 17.2 Å². The Morgan fingerprint density at radius 1 is 1.47 bits per heavy atom. The van der Waals surface area contributed by atoms with E-state index in [4.69, 9.17) is 22.7 Å². The van der Waals surface area contributed by atoms with Crippen LogP contribution in [0.4, 0.5) is 0 Å². The second-order valence-electron chi connectivity index (χ2n) is 3.50. The second-order valence-corrected chi connectivity index (χ2v) is 3.94. The first kappa shape index (κ1) is 11.5. The van der Waals surface area contributed by atoms with Crippen molar-refractivity contribution in [3.63, 3.8) is 0 Å². The summed E-state index contributed by atoms with van der Waals surface area (Å²) in [6.07, 6.45) is 1.54. The fraction of sp³-hybridized carbons (Fsp3) is 0.200. The lowest BCUT2D eigenvalue weighted by Crippen LogP contribution is -2.10. The molecule has 2 aromatic rings. The summed E-state index contributed by atoms with van der Waals surface area (Å²) < 4.78 is 6.94. The van der Waals surface area contributed by atoms with Crippen molar-refractivity contribution in [2.24, 2.45) is 12.8 Å². The van der Waals surface area contributed by atoms with Crippen LogP contribution in [0.15, 0.2) is 18.5 Å². The monoisotopic (exact) mass is 249 g/mol. The lowest BCUT2D eigenvalue weighted by Gasteiger charge is -2.04. The number of hydrogen-bond donors (Lipinski definition) is 1. The van der Waals surface area contributed by atoms with Crippen LogP contribution >= 0.6 is 12.2 Å². The number of aromatic nitrogens is 4. The van der Waals surface area contributed by atoms with E-state index < -0.39 is 0 Å². The highest BCUT2D eigenvalue weighted by atomic mass is 32.1. The predicted molar refractivity (Wildman–Crippen MR) is 65.9 cm³/mol. The van der Waals surface area contributed by atoms with Crippen molar-refractivity contribution < 1.29 is 4.74 Å². The quantitative estimate of drug-likeness (QED) is 0.816. The van der Waals surface area contributed by atoms with Crippen LogP contribution in [-0.4, -0.2) is 24.7 Å². The molecule has 0 radical (unpaired) electrons. The van der Waals surface area contributed by atoms with Crippen LogP contribution in [0.3, 0.4) is 0 Å². The van der Waals surface area contributed by atoms with Gasteiger partial charge in [-0.25, -0.2) is 4.98 Å². The van der Waals surface area contributed by atoms with Crippen molar-refractivity contribution in [1.29, 1.82) is 0 Å². The van der Waals surface area contributed by atoms with Gasteiger partial charge in [0, 0.05) is 24.4 Å². The Kier molecular flexibility index (Phi) is 3.01.